The van der Waals surface area contributed by atoms with Crippen LogP contribution in [-0.4, -0.2) is 28.0 Å². The van der Waals surface area contributed by atoms with E-state index in [2.05, 4.69) is 20.7 Å². The average Bonchev–Trinajstić information content (AvgIpc) is 3.08. The molecule has 1 aliphatic heterocycles. The number of benzene rings is 2. The molecule has 1 heterocycles. The number of carbonyl (C=O) groups is 1. The van der Waals surface area contributed by atoms with Gasteiger partial charge in [-0.3, -0.25) is 4.79 Å². The highest BCUT2D eigenvalue weighted by atomic mass is 79.9. The van der Waals surface area contributed by atoms with Crippen LogP contribution in [0.15, 0.2) is 45.8 Å². The first kappa shape index (κ1) is 19.9. The van der Waals surface area contributed by atoms with Crippen LogP contribution in [0.5, 0.6) is 5.75 Å². The maximum Gasteiger partial charge on any atom is 0.242 e. The Morgan fingerprint density at radius 1 is 1.26 bits per heavy atom. The van der Waals surface area contributed by atoms with Crippen molar-refractivity contribution in [3.05, 3.63) is 52.0 Å². The van der Waals surface area contributed by atoms with E-state index < -0.39 is 10.0 Å². The first-order chi connectivity index (χ1) is 12.9. The molecule has 1 N–H and O–H groups in total. The van der Waals surface area contributed by atoms with E-state index in [4.69, 9.17) is 4.74 Å². The summed E-state index contributed by atoms with van der Waals surface area (Å²) >= 11 is 3.37. The van der Waals surface area contributed by atoms with E-state index in [-0.39, 0.29) is 17.3 Å². The molecule has 2 aromatic rings. The topological polar surface area (TPSA) is 75.7 Å². The van der Waals surface area contributed by atoms with E-state index in [1.165, 1.54) is 0 Å². The van der Waals surface area contributed by atoms with Crippen molar-refractivity contribution in [3.63, 3.8) is 0 Å². The first-order valence-corrected chi connectivity index (χ1v) is 10.9. The molecule has 0 spiro atoms. The van der Waals surface area contributed by atoms with Crippen LogP contribution in [0.2, 0.25) is 0 Å². The van der Waals surface area contributed by atoms with Crippen molar-refractivity contribution in [2.75, 3.05) is 18.6 Å². The second-order valence-electron chi connectivity index (χ2n) is 6.23. The summed E-state index contributed by atoms with van der Waals surface area (Å²) in [5.41, 5.74) is 2.46. The number of hydrogen-bond donors (Lipinski definition) is 1. The monoisotopic (exact) mass is 452 g/mol. The molecule has 0 aromatic heterocycles. The molecule has 2 aromatic carbocycles. The molecule has 1 amide bonds. The maximum absolute atomic E-state index is 12.8. The quantitative estimate of drug-likeness (QED) is 0.729. The summed E-state index contributed by atoms with van der Waals surface area (Å²) in [5, 5.41) is 0. The largest absolute Gasteiger partial charge is 0.497 e. The zero-order valence-corrected chi connectivity index (χ0v) is 17.6. The highest BCUT2D eigenvalue weighted by Crippen LogP contribution is 2.35. The lowest BCUT2D eigenvalue weighted by atomic mass is 10.2. The van der Waals surface area contributed by atoms with Crippen molar-refractivity contribution in [3.8, 4) is 5.75 Å². The Balaban J connectivity index is 1.84. The Morgan fingerprint density at radius 2 is 1.96 bits per heavy atom. The third kappa shape index (κ3) is 4.17. The number of anilines is 1. The number of nitrogens with one attached hydrogen (secondary N) is 1. The Kier molecular flexibility index (Phi) is 5.88. The number of amides is 1. The minimum absolute atomic E-state index is 0.00869. The number of fused-ring (bicyclic) bond motifs is 1. The molecule has 0 unspecified atom stereocenters. The summed E-state index contributed by atoms with van der Waals surface area (Å²) in [6, 6.07) is 10.5. The van der Waals surface area contributed by atoms with Crippen LogP contribution < -0.4 is 14.4 Å². The Hall–Kier alpha value is -1.90. The van der Waals surface area contributed by atoms with Gasteiger partial charge in [-0.2, -0.15) is 0 Å². The van der Waals surface area contributed by atoms with Gasteiger partial charge in [0.1, 0.15) is 5.75 Å². The highest BCUT2D eigenvalue weighted by Gasteiger charge is 2.28. The molecule has 27 heavy (non-hydrogen) atoms. The molecular weight excluding hydrogens is 432 g/mol. The lowest BCUT2D eigenvalue weighted by molar-refractivity contribution is -0.118. The Labute approximate surface area is 167 Å². The number of carbonyl (C=O) groups excluding carboxylic acids is 1. The van der Waals surface area contributed by atoms with Gasteiger partial charge < -0.3 is 9.64 Å². The van der Waals surface area contributed by atoms with Gasteiger partial charge >= 0.3 is 0 Å². The van der Waals surface area contributed by atoms with Crippen LogP contribution in [0.25, 0.3) is 0 Å². The third-order valence-corrected chi connectivity index (χ3v) is 6.91. The number of sulfonamides is 1. The SMILES string of the molecule is CCC(=O)N1CCc2cc(Br)c(S(=O)(=O)NCc3ccc(OC)cc3)cc21. The second kappa shape index (κ2) is 8.00. The van der Waals surface area contributed by atoms with Gasteiger partial charge in [-0.05, 0) is 57.7 Å². The molecule has 0 saturated heterocycles. The molecular formula is C19H21BrN2O4S. The van der Waals surface area contributed by atoms with E-state index >= 15 is 0 Å². The number of rotatable bonds is 6. The van der Waals surface area contributed by atoms with Crippen LogP contribution in [0, 0.1) is 0 Å². The molecule has 8 heteroatoms. The van der Waals surface area contributed by atoms with Gasteiger partial charge in [0, 0.05) is 29.7 Å². The van der Waals surface area contributed by atoms with Gasteiger partial charge in [0.25, 0.3) is 0 Å². The van der Waals surface area contributed by atoms with Gasteiger partial charge in [-0.1, -0.05) is 19.1 Å². The Morgan fingerprint density at radius 3 is 2.59 bits per heavy atom. The number of ether oxygens (including phenoxy) is 1. The fraction of sp³-hybridized carbons (Fsp3) is 0.316. The zero-order valence-electron chi connectivity index (χ0n) is 15.2. The Bertz CT molecular complexity index is 958. The average molecular weight is 453 g/mol. The van der Waals surface area contributed by atoms with Gasteiger partial charge in [-0.25, -0.2) is 13.1 Å². The van der Waals surface area contributed by atoms with E-state index in [0.717, 1.165) is 17.5 Å². The smallest absolute Gasteiger partial charge is 0.242 e. The van der Waals surface area contributed by atoms with Crippen molar-refractivity contribution in [2.45, 2.75) is 31.2 Å². The molecule has 144 valence electrons. The van der Waals surface area contributed by atoms with Crippen molar-refractivity contribution in [1.29, 1.82) is 0 Å². The van der Waals surface area contributed by atoms with E-state index in [0.29, 0.717) is 28.9 Å². The molecule has 6 nitrogen and oxygen atoms in total. The second-order valence-corrected chi connectivity index (χ2v) is 8.82. The van der Waals surface area contributed by atoms with Crippen LogP contribution >= 0.6 is 15.9 Å². The van der Waals surface area contributed by atoms with Gasteiger partial charge in [0.2, 0.25) is 15.9 Å². The summed E-state index contributed by atoms with van der Waals surface area (Å²) in [4.78, 5) is 13.9. The molecule has 0 bridgehead atoms. The van der Waals surface area contributed by atoms with Crippen molar-refractivity contribution < 1.29 is 17.9 Å². The third-order valence-electron chi connectivity index (χ3n) is 4.55. The minimum atomic E-state index is -3.75. The minimum Gasteiger partial charge on any atom is -0.497 e. The molecule has 3 rings (SSSR count). The summed E-state index contributed by atoms with van der Waals surface area (Å²) in [6.07, 6.45) is 1.10. The lowest BCUT2D eigenvalue weighted by Gasteiger charge is -2.18. The fourth-order valence-corrected chi connectivity index (χ4v) is 5.17. The van der Waals surface area contributed by atoms with Crippen LogP contribution in [0.3, 0.4) is 0 Å². The number of hydrogen-bond acceptors (Lipinski definition) is 4. The standard InChI is InChI=1S/C19H21BrN2O4S/c1-3-19(23)22-9-8-14-10-16(20)18(11-17(14)22)27(24,25)21-12-13-4-6-15(26-2)7-5-13/h4-7,10-11,21H,3,8-9,12H2,1-2H3. The summed E-state index contributed by atoms with van der Waals surface area (Å²) in [7, 11) is -2.17. The highest BCUT2D eigenvalue weighted by molar-refractivity contribution is 9.10. The predicted molar refractivity (Wildman–Crippen MR) is 108 cm³/mol. The predicted octanol–water partition coefficient (Wildman–Crippen LogP) is 3.24. The van der Waals surface area contributed by atoms with Crippen LogP contribution in [0.1, 0.15) is 24.5 Å². The van der Waals surface area contributed by atoms with Gasteiger partial charge in [-0.15, -0.1) is 0 Å². The first-order valence-electron chi connectivity index (χ1n) is 8.61. The number of halogens is 1. The van der Waals surface area contributed by atoms with Gasteiger partial charge in [0.15, 0.2) is 0 Å². The number of nitrogens with zero attached hydrogens (tertiary/aromatic N) is 1. The van der Waals surface area contributed by atoms with E-state index in [9.17, 15) is 13.2 Å². The van der Waals surface area contributed by atoms with Crippen molar-refractivity contribution >= 4 is 37.5 Å². The normalized spacial score (nSPS) is 13.5. The zero-order chi connectivity index (χ0) is 19.6. The summed E-state index contributed by atoms with van der Waals surface area (Å²) in [5.74, 6) is 0.703. The molecule has 0 aliphatic carbocycles. The number of methoxy groups -OCH3 is 1. The fourth-order valence-electron chi connectivity index (χ4n) is 3.04. The molecule has 1 aliphatic rings. The van der Waals surface area contributed by atoms with Gasteiger partial charge in [0.05, 0.1) is 12.0 Å². The lowest BCUT2D eigenvalue weighted by Crippen LogP contribution is -2.28. The van der Waals surface area contributed by atoms with Crippen molar-refractivity contribution in [2.24, 2.45) is 0 Å². The molecule has 0 atom stereocenters. The van der Waals surface area contributed by atoms with E-state index in [1.54, 1.807) is 55.3 Å². The van der Waals surface area contributed by atoms with Crippen molar-refractivity contribution in [1.82, 2.24) is 4.72 Å². The summed E-state index contributed by atoms with van der Waals surface area (Å²) in [6.45, 7) is 2.54. The molecule has 0 saturated carbocycles. The molecule has 0 fully saturated rings. The molecule has 0 radical (unpaired) electrons. The maximum atomic E-state index is 12.8. The van der Waals surface area contributed by atoms with Crippen LogP contribution in [0.4, 0.5) is 5.69 Å². The summed E-state index contributed by atoms with van der Waals surface area (Å²) < 4.78 is 33.9. The van der Waals surface area contributed by atoms with E-state index in [1.807, 2.05) is 0 Å². The van der Waals surface area contributed by atoms with Crippen LogP contribution in [-0.2, 0) is 27.8 Å².